The Hall–Kier alpha value is -0.750. The molecule has 0 amide bonds. The van der Waals surface area contributed by atoms with Gasteiger partial charge in [0.25, 0.3) is 0 Å². The third-order valence-corrected chi connectivity index (χ3v) is 4.21. The van der Waals surface area contributed by atoms with Crippen LogP contribution in [0, 0.1) is 13.8 Å². The highest BCUT2D eigenvalue weighted by atomic mass is 79.9. The van der Waals surface area contributed by atoms with Gasteiger partial charge in [-0.05, 0) is 37.1 Å². The fourth-order valence-corrected chi connectivity index (χ4v) is 2.96. The minimum atomic E-state index is 0.0870. The zero-order valence-electron chi connectivity index (χ0n) is 10.4. The van der Waals surface area contributed by atoms with Crippen LogP contribution in [0.4, 0.5) is 0 Å². The van der Waals surface area contributed by atoms with Crippen molar-refractivity contribution in [2.24, 2.45) is 5.84 Å². The average molecular weight is 326 g/mol. The molecule has 1 aromatic carbocycles. The number of nitrogens with zero attached hydrogens (tertiary/aromatic N) is 1. The van der Waals surface area contributed by atoms with E-state index in [2.05, 4.69) is 50.8 Å². The van der Waals surface area contributed by atoms with Gasteiger partial charge in [-0.3, -0.25) is 11.3 Å². The number of thiazole rings is 1. The molecule has 0 saturated carbocycles. The third kappa shape index (κ3) is 3.17. The van der Waals surface area contributed by atoms with E-state index in [0.29, 0.717) is 0 Å². The first kappa shape index (κ1) is 13.7. The first-order valence-corrected chi connectivity index (χ1v) is 7.40. The van der Waals surface area contributed by atoms with Gasteiger partial charge in [-0.25, -0.2) is 4.98 Å². The molecule has 1 unspecified atom stereocenters. The molecule has 1 aromatic heterocycles. The highest BCUT2D eigenvalue weighted by Crippen LogP contribution is 2.25. The number of rotatable bonds is 4. The van der Waals surface area contributed by atoms with Crippen LogP contribution in [0.3, 0.4) is 0 Å². The van der Waals surface area contributed by atoms with Gasteiger partial charge in [-0.2, -0.15) is 0 Å². The topological polar surface area (TPSA) is 50.9 Å². The monoisotopic (exact) mass is 325 g/mol. The predicted octanol–water partition coefficient (Wildman–Crippen LogP) is 3.27. The molecule has 1 heterocycles. The van der Waals surface area contributed by atoms with Crippen molar-refractivity contribution in [3.63, 3.8) is 0 Å². The van der Waals surface area contributed by atoms with Gasteiger partial charge in [-0.15, -0.1) is 11.3 Å². The predicted molar refractivity (Wildman–Crippen MR) is 79.5 cm³/mol. The maximum atomic E-state index is 5.69. The van der Waals surface area contributed by atoms with Crippen LogP contribution in [-0.4, -0.2) is 4.98 Å². The van der Waals surface area contributed by atoms with E-state index < -0.39 is 0 Å². The first-order chi connectivity index (χ1) is 8.60. The number of nitrogens with one attached hydrogen (secondary N) is 1. The van der Waals surface area contributed by atoms with Crippen molar-refractivity contribution >= 4 is 27.3 Å². The van der Waals surface area contributed by atoms with E-state index in [0.717, 1.165) is 21.6 Å². The summed E-state index contributed by atoms with van der Waals surface area (Å²) in [5, 5.41) is 3.18. The van der Waals surface area contributed by atoms with Crippen LogP contribution in [0.25, 0.3) is 0 Å². The molecule has 3 nitrogen and oxygen atoms in total. The lowest BCUT2D eigenvalue weighted by atomic mass is 9.98. The first-order valence-electron chi connectivity index (χ1n) is 5.73. The van der Waals surface area contributed by atoms with Crippen molar-refractivity contribution in [1.82, 2.24) is 10.4 Å². The van der Waals surface area contributed by atoms with Crippen LogP contribution in [0.5, 0.6) is 0 Å². The summed E-state index contributed by atoms with van der Waals surface area (Å²) in [6.07, 6.45) is 0.804. The van der Waals surface area contributed by atoms with Crippen molar-refractivity contribution in [2.75, 3.05) is 0 Å². The van der Waals surface area contributed by atoms with Crippen molar-refractivity contribution in [2.45, 2.75) is 26.3 Å². The van der Waals surface area contributed by atoms with Gasteiger partial charge in [0.15, 0.2) is 0 Å². The second-order valence-corrected chi connectivity index (χ2v) is 6.26. The zero-order chi connectivity index (χ0) is 13.1. The van der Waals surface area contributed by atoms with Crippen molar-refractivity contribution in [3.8, 4) is 0 Å². The lowest BCUT2D eigenvalue weighted by Crippen LogP contribution is -2.30. The van der Waals surface area contributed by atoms with E-state index in [9.17, 15) is 0 Å². The number of aryl methyl sites for hydroxylation is 2. The van der Waals surface area contributed by atoms with E-state index in [1.807, 2.05) is 13.0 Å². The molecule has 0 fully saturated rings. The highest BCUT2D eigenvalue weighted by molar-refractivity contribution is 9.10. The maximum absolute atomic E-state index is 5.69. The van der Waals surface area contributed by atoms with E-state index in [-0.39, 0.29) is 6.04 Å². The number of hydrogen-bond donors (Lipinski definition) is 2. The molecule has 0 aliphatic rings. The molecule has 0 bridgehead atoms. The van der Waals surface area contributed by atoms with E-state index in [4.69, 9.17) is 5.84 Å². The van der Waals surface area contributed by atoms with Crippen molar-refractivity contribution in [1.29, 1.82) is 0 Å². The van der Waals surface area contributed by atoms with Gasteiger partial charge >= 0.3 is 0 Å². The number of hydrazine groups is 1. The van der Waals surface area contributed by atoms with Crippen LogP contribution in [-0.2, 0) is 6.42 Å². The quantitative estimate of drug-likeness (QED) is 0.670. The summed E-state index contributed by atoms with van der Waals surface area (Å²) in [6, 6.07) is 6.33. The molecule has 0 radical (unpaired) electrons. The van der Waals surface area contributed by atoms with Gasteiger partial charge in [0.2, 0.25) is 0 Å². The maximum Gasteiger partial charge on any atom is 0.0897 e. The van der Waals surface area contributed by atoms with Gasteiger partial charge in [0.1, 0.15) is 0 Å². The molecule has 0 aliphatic carbocycles. The van der Waals surface area contributed by atoms with E-state index in [1.54, 1.807) is 11.3 Å². The Morgan fingerprint density at radius 2 is 2.22 bits per heavy atom. The fraction of sp³-hybridized carbons (Fsp3) is 0.308. The Kier molecular flexibility index (Phi) is 4.50. The minimum absolute atomic E-state index is 0.0870. The Morgan fingerprint density at radius 3 is 2.83 bits per heavy atom. The van der Waals surface area contributed by atoms with Crippen LogP contribution in [0.2, 0.25) is 0 Å². The average Bonchev–Trinajstić information content (AvgIpc) is 2.75. The van der Waals surface area contributed by atoms with Crippen molar-refractivity contribution < 1.29 is 0 Å². The standard InChI is InChI=1S/C13H16BrN3S/c1-8-3-4-10(14)5-12(8)13(17-15)6-11-7-18-9(2)16-11/h3-5,7,13,17H,6,15H2,1-2H3. The molecular weight excluding hydrogens is 310 g/mol. The van der Waals surface area contributed by atoms with Crippen LogP contribution >= 0.6 is 27.3 Å². The summed E-state index contributed by atoms with van der Waals surface area (Å²) < 4.78 is 1.07. The number of aromatic nitrogens is 1. The fourth-order valence-electron chi connectivity index (χ4n) is 1.96. The van der Waals surface area contributed by atoms with Crippen LogP contribution in [0.15, 0.2) is 28.1 Å². The number of halogens is 1. The minimum Gasteiger partial charge on any atom is -0.271 e. The third-order valence-electron chi connectivity index (χ3n) is 2.90. The molecule has 2 aromatic rings. The van der Waals surface area contributed by atoms with Crippen LogP contribution < -0.4 is 11.3 Å². The summed E-state index contributed by atoms with van der Waals surface area (Å²) in [5.41, 5.74) is 6.41. The normalized spacial score (nSPS) is 12.7. The lowest BCUT2D eigenvalue weighted by molar-refractivity contribution is 0.544. The Bertz CT molecular complexity index is 539. The molecule has 0 saturated heterocycles. The molecule has 2 rings (SSSR count). The highest BCUT2D eigenvalue weighted by Gasteiger charge is 2.14. The molecule has 1 atom stereocenters. The summed E-state index contributed by atoms with van der Waals surface area (Å²) in [5.74, 6) is 5.69. The van der Waals surface area contributed by atoms with Gasteiger partial charge < -0.3 is 0 Å². The molecule has 3 N–H and O–H groups in total. The van der Waals surface area contributed by atoms with Gasteiger partial charge in [0, 0.05) is 16.3 Å². The van der Waals surface area contributed by atoms with Crippen molar-refractivity contribution in [3.05, 3.63) is 49.9 Å². The molecule has 5 heteroatoms. The Balaban J connectivity index is 2.25. The van der Waals surface area contributed by atoms with E-state index in [1.165, 1.54) is 11.1 Å². The Labute approximate surface area is 120 Å². The summed E-state index contributed by atoms with van der Waals surface area (Å²) in [7, 11) is 0. The smallest absolute Gasteiger partial charge is 0.0897 e. The Morgan fingerprint density at radius 1 is 1.44 bits per heavy atom. The SMILES string of the molecule is Cc1nc(CC(NN)c2cc(Br)ccc2C)cs1. The van der Waals surface area contributed by atoms with E-state index >= 15 is 0 Å². The molecule has 96 valence electrons. The summed E-state index contributed by atoms with van der Waals surface area (Å²) >= 11 is 5.17. The number of benzene rings is 1. The zero-order valence-corrected chi connectivity index (χ0v) is 12.8. The summed E-state index contributed by atoms with van der Waals surface area (Å²) in [6.45, 7) is 4.11. The largest absolute Gasteiger partial charge is 0.271 e. The molecular formula is C13H16BrN3S. The van der Waals surface area contributed by atoms with Crippen LogP contribution in [0.1, 0.15) is 27.9 Å². The van der Waals surface area contributed by atoms with Gasteiger partial charge in [0.05, 0.1) is 16.7 Å². The second kappa shape index (κ2) is 5.93. The molecule has 0 spiro atoms. The number of hydrogen-bond acceptors (Lipinski definition) is 4. The van der Waals surface area contributed by atoms with Gasteiger partial charge in [-0.1, -0.05) is 22.0 Å². The lowest BCUT2D eigenvalue weighted by Gasteiger charge is -2.18. The second-order valence-electron chi connectivity index (χ2n) is 4.28. The summed E-state index contributed by atoms with van der Waals surface area (Å²) in [4.78, 5) is 4.49. The molecule has 0 aliphatic heterocycles. The molecule has 18 heavy (non-hydrogen) atoms. The number of nitrogens with two attached hydrogens (primary N) is 1.